The van der Waals surface area contributed by atoms with E-state index in [4.69, 9.17) is 14.9 Å². The smallest absolute Gasteiger partial charge is 0.227 e. The summed E-state index contributed by atoms with van der Waals surface area (Å²) in [5.74, 6) is 1.46. The minimum absolute atomic E-state index is 0.221. The van der Waals surface area contributed by atoms with Crippen molar-refractivity contribution in [2.45, 2.75) is 13.5 Å². The molecule has 18 heavy (non-hydrogen) atoms. The number of hydrogen-bond donors (Lipinski definition) is 1. The van der Waals surface area contributed by atoms with Gasteiger partial charge in [0.2, 0.25) is 11.8 Å². The van der Waals surface area contributed by atoms with Gasteiger partial charge < -0.3 is 14.9 Å². The van der Waals surface area contributed by atoms with Crippen molar-refractivity contribution in [1.29, 1.82) is 0 Å². The lowest BCUT2D eigenvalue weighted by Gasteiger charge is -2.04. The molecule has 0 radical (unpaired) electrons. The molecule has 0 spiro atoms. The van der Waals surface area contributed by atoms with E-state index in [-0.39, 0.29) is 5.95 Å². The van der Waals surface area contributed by atoms with Crippen LogP contribution in [0.4, 0.5) is 5.95 Å². The zero-order chi connectivity index (χ0) is 12.5. The minimum atomic E-state index is 0.221. The molecule has 92 valence electrons. The lowest BCUT2D eigenvalue weighted by atomic mass is 10.3. The van der Waals surface area contributed by atoms with Crippen LogP contribution in [0.15, 0.2) is 28.9 Å². The highest BCUT2D eigenvalue weighted by Gasteiger charge is 2.11. The highest BCUT2D eigenvalue weighted by atomic mass is 32.1. The molecule has 0 saturated carbocycles. The number of ether oxygens (including phenoxy) is 1. The maximum Gasteiger partial charge on any atom is 0.227 e. The second-order valence-corrected chi connectivity index (χ2v) is 5.07. The molecule has 0 fully saturated rings. The molecule has 0 unspecified atom stereocenters. The van der Waals surface area contributed by atoms with Gasteiger partial charge in [-0.05, 0) is 25.1 Å². The number of furan rings is 1. The number of fused-ring (bicyclic) bond motifs is 1. The first-order chi connectivity index (χ1) is 8.72. The van der Waals surface area contributed by atoms with Gasteiger partial charge in [0.1, 0.15) is 17.2 Å². The molecule has 0 aromatic carbocycles. The lowest BCUT2D eigenvalue weighted by molar-refractivity contribution is 0.264. The fraction of sp³-hybridized carbons (Fsp3) is 0.167. The fourth-order valence-electron chi connectivity index (χ4n) is 1.68. The predicted octanol–water partition coefficient (Wildman–Crippen LogP) is 2.75. The van der Waals surface area contributed by atoms with Gasteiger partial charge in [-0.15, -0.1) is 11.3 Å². The Balaban J connectivity index is 1.95. The Bertz CT molecular complexity index is 676. The summed E-state index contributed by atoms with van der Waals surface area (Å²) in [5, 5.41) is 0.887. The third kappa shape index (κ3) is 2.02. The van der Waals surface area contributed by atoms with E-state index in [1.165, 1.54) is 0 Å². The number of nitrogens with two attached hydrogens (primary N) is 1. The molecule has 2 N–H and O–H groups in total. The SMILES string of the molecule is Cc1cc2c(OCc3ccco3)nc(N)nc2s1. The summed E-state index contributed by atoms with van der Waals surface area (Å²) in [4.78, 5) is 10.3. The van der Waals surface area contributed by atoms with Crippen LogP contribution in [0.3, 0.4) is 0 Å². The summed E-state index contributed by atoms with van der Waals surface area (Å²) in [5.41, 5.74) is 5.66. The summed E-state index contributed by atoms with van der Waals surface area (Å²) < 4.78 is 10.8. The molecule has 0 aliphatic rings. The Labute approximate surface area is 107 Å². The van der Waals surface area contributed by atoms with Crippen molar-refractivity contribution >= 4 is 27.5 Å². The lowest BCUT2D eigenvalue weighted by Crippen LogP contribution is -2.00. The quantitative estimate of drug-likeness (QED) is 0.784. The van der Waals surface area contributed by atoms with E-state index >= 15 is 0 Å². The molecule has 0 amide bonds. The Morgan fingerprint density at radius 2 is 2.33 bits per heavy atom. The van der Waals surface area contributed by atoms with Crippen LogP contribution in [0.1, 0.15) is 10.6 Å². The first-order valence-corrected chi connectivity index (χ1v) is 6.23. The molecule has 3 aromatic rings. The molecule has 0 saturated heterocycles. The minimum Gasteiger partial charge on any atom is -0.469 e. The highest BCUT2D eigenvalue weighted by Crippen LogP contribution is 2.30. The van der Waals surface area contributed by atoms with Gasteiger partial charge in [0, 0.05) is 4.88 Å². The normalized spacial score (nSPS) is 10.9. The van der Waals surface area contributed by atoms with Crippen molar-refractivity contribution < 1.29 is 9.15 Å². The number of rotatable bonds is 3. The summed E-state index contributed by atoms with van der Waals surface area (Å²) in [6.45, 7) is 2.34. The number of anilines is 1. The first-order valence-electron chi connectivity index (χ1n) is 5.41. The van der Waals surface area contributed by atoms with Crippen molar-refractivity contribution in [1.82, 2.24) is 9.97 Å². The van der Waals surface area contributed by atoms with E-state index in [1.807, 2.05) is 25.1 Å². The predicted molar refractivity (Wildman–Crippen MR) is 69.6 cm³/mol. The van der Waals surface area contributed by atoms with Gasteiger partial charge in [0.05, 0.1) is 11.6 Å². The average Bonchev–Trinajstić information content (AvgIpc) is 2.93. The molecule has 0 atom stereocenters. The van der Waals surface area contributed by atoms with E-state index in [0.29, 0.717) is 12.5 Å². The average molecular weight is 261 g/mol. The molecule has 0 bridgehead atoms. The maximum atomic E-state index is 5.66. The standard InChI is InChI=1S/C12H11N3O2S/c1-7-5-9-10(14-12(13)15-11(9)18-7)17-6-8-3-2-4-16-8/h2-5H,6H2,1H3,(H2,13,14,15). The number of nitrogens with zero attached hydrogens (tertiary/aromatic N) is 2. The van der Waals surface area contributed by atoms with Gasteiger partial charge in [0.25, 0.3) is 0 Å². The van der Waals surface area contributed by atoms with Crippen molar-refractivity contribution in [3.05, 3.63) is 35.1 Å². The summed E-state index contributed by atoms with van der Waals surface area (Å²) in [7, 11) is 0. The van der Waals surface area contributed by atoms with Crippen molar-refractivity contribution in [2.24, 2.45) is 0 Å². The Kier molecular flexibility index (Phi) is 2.64. The number of aromatic nitrogens is 2. The zero-order valence-corrected chi connectivity index (χ0v) is 10.5. The molecule has 3 rings (SSSR count). The summed E-state index contributed by atoms with van der Waals surface area (Å²) in [6.07, 6.45) is 1.61. The van der Waals surface area contributed by atoms with Gasteiger partial charge in [-0.2, -0.15) is 4.98 Å². The monoisotopic (exact) mass is 261 g/mol. The van der Waals surface area contributed by atoms with E-state index in [9.17, 15) is 0 Å². The molecular formula is C12H11N3O2S. The maximum absolute atomic E-state index is 5.66. The van der Waals surface area contributed by atoms with Gasteiger partial charge in [-0.1, -0.05) is 0 Å². The van der Waals surface area contributed by atoms with Gasteiger partial charge in [-0.25, -0.2) is 4.98 Å². The van der Waals surface area contributed by atoms with E-state index < -0.39 is 0 Å². The number of thiophene rings is 1. The van der Waals surface area contributed by atoms with Crippen molar-refractivity contribution in [3.8, 4) is 5.88 Å². The van der Waals surface area contributed by atoms with Crippen LogP contribution in [-0.4, -0.2) is 9.97 Å². The van der Waals surface area contributed by atoms with Crippen LogP contribution < -0.4 is 10.5 Å². The zero-order valence-electron chi connectivity index (χ0n) is 9.71. The molecule has 5 nitrogen and oxygen atoms in total. The molecule has 6 heteroatoms. The van der Waals surface area contributed by atoms with Crippen molar-refractivity contribution in [2.75, 3.05) is 5.73 Å². The summed E-state index contributed by atoms with van der Waals surface area (Å²) in [6, 6.07) is 5.66. The van der Waals surface area contributed by atoms with Gasteiger partial charge in [0.15, 0.2) is 0 Å². The van der Waals surface area contributed by atoms with Crippen molar-refractivity contribution in [3.63, 3.8) is 0 Å². The van der Waals surface area contributed by atoms with Gasteiger partial charge in [-0.3, -0.25) is 0 Å². The van der Waals surface area contributed by atoms with Crippen LogP contribution in [0.5, 0.6) is 5.88 Å². The van der Waals surface area contributed by atoms with Crippen LogP contribution in [0.2, 0.25) is 0 Å². The van der Waals surface area contributed by atoms with Crippen LogP contribution in [0, 0.1) is 6.92 Å². The van der Waals surface area contributed by atoms with E-state index in [1.54, 1.807) is 17.6 Å². The second-order valence-electron chi connectivity index (χ2n) is 3.83. The molecule has 0 aliphatic heterocycles. The van der Waals surface area contributed by atoms with Gasteiger partial charge >= 0.3 is 0 Å². The topological polar surface area (TPSA) is 74.2 Å². The highest BCUT2D eigenvalue weighted by molar-refractivity contribution is 7.18. The Morgan fingerprint density at radius 1 is 1.44 bits per heavy atom. The Hall–Kier alpha value is -2.08. The van der Waals surface area contributed by atoms with E-state index in [0.717, 1.165) is 20.9 Å². The molecule has 3 aromatic heterocycles. The molecule has 0 aliphatic carbocycles. The number of aryl methyl sites for hydroxylation is 1. The first kappa shape index (κ1) is 11.0. The third-order valence-electron chi connectivity index (χ3n) is 2.43. The van der Waals surface area contributed by atoms with E-state index in [2.05, 4.69) is 9.97 Å². The largest absolute Gasteiger partial charge is 0.469 e. The molecular weight excluding hydrogens is 250 g/mol. The third-order valence-corrected chi connectivity index (χ3v) is 3.37. The summed E-state index contributed by atoms with van der Waals surface area (Å²) >= 11 is 1.57. The van der Waals surface area contributed by atoms with Crippen LogP contribution >= 0.6 is 11.3 Å². The second kappa shape index (κ2) is 4.30. The van der Waals surface area contributed by atoms with Crippen LogP contribution in [-0.2, 0) is 6.61 Å². The van der Waals surface area contributed by atoms with Crippen LogP contribution in [0.25, 0.3) is 10.2 Å². The molecule has 3 heterocycles. The number of nitrogen functional groups attached to an aromatic ring is 1. The fourth-order valence-corrected chi connectivity index (χ4v) is 2.55. The Morgan fingerprint density at radius 3 is 3.11 bits per heavy atom. The number of hydrogen-bond acceptors (Lipinski definition) is 6.